The molecule has 2 saturated carbocycles. The van der Waals surface area contributed by atoms with Crippen LogP contribution in [-0.4, -0.2) is 25.3 Å². The van der Waals surface area contributed by atoms with Gasteiger partial charge in [-0.2, -0.15) is 0 Å². The second kappa shape index (κ2) is 6.75. The van der Waals surface area contributed by atoms with Gasteiger partial charge < -0.3 is 10.1 Å². The lowest BCUT2D eigenvalue weighted by atomic mass is 9.83. The highest BCUT2D eigenvalue weighted by atomic mass is 16.5. The van der Waals surface area contributed by atoms with Crippen LogP contribution in [0.4, 0.5) is 0 Å². The Balaban J connectivity index is 1.69. The number of rotatable bonds is 4. The maximum absolute atomic E-state index is 5.43. The molecule has 100 valence electrons. The van der Waals surface area contributed by atoms with Gasteiger partial charge in [0, 0.05) is 19.2 Å². The highest BCUT2D eigenvalue weighted by Gasteiger charge is 2.25. The van der Waals surface area contributed by atoms with E-state index in [-0.39, 0.29) is 0 Å². The minimum absolute atomic E-state index is 0.526. The summed E-state index contributed by atoms with van der Waals surface area (Å²) in [5.41, 5.74) is 0. The maximum Gasteiger partial charge on any atom is 0.0572 e. The summed E-state index contributed by atoms with van der Waals surface area (Å²) >= 11 is 0. The third-order valence-corrected chi connectivity index (χ3v) is 4.86. The van der Waals surface area contributed by atoms with E-state index in [1.807, 2.05) is 7.11 Å². The van der Waals surface area contributed by atoms with Crippen LogP contribution in [0.15, 0.2) is 0 Å². The number of nitrogens with one attached hydrogen (secondary N) is 1. The first kappa shape index (κ1) is 13.4. The molecular formula is C15H29NO. The van der Waals surface area contributed by atoms with E-state index >= 15 is 0 Å². The van der Waals surface area contributed by atoms with E-state index in [1.54, 1.807) is 0 Å². The SMILES string of the molecule is COC1CCC(N[C@H](C)C2CCCCC2)CC1. The Hall–Kier alpha value is -0.0800. The lowest BCUT2D eigenvalue weighted by molar-refractivity contribution is 0.0597. The molecule has 2 heteroatoms. The van der Waals surface area contributed by atoms with Crippen LogP contribution in [0.2, 0.25) is 0 Å². The number of ether oxygens (including phenoxy) is 1. The zero-order valence-electron chi connectivity index (χ0n) is 11.6. The molecule has 0 saturated heterocycles. The Morgan fingerprint density at radius 3 is 2.18 bits per heavy atom. The zero-order chi connectivity index (χ0) is 12.1. The molecule has 0 bridgehead atoms. The smallest absolute Gasteiger partial charge is 0.0572 e. The Bertz CT molecular complexity index is 205. The van der Waals surface area contributed by atoms with Gasteiger partial charge in [0.1, 0.15) is 0 Å². The maximum atomic E-state index is 5.43. The van der Waals surface area contributed by atoms with Crippen molar-refractivity contribution in [2.24, 2.45) is 5.92 Å². The molecule has 0 spiro atoms. The van der Waals surface area contributed by atoms with Crippen LogP contribution in [-0.2, 0) is 4.74 Å². The van der Waals surface area contributed by atoms with Crippen molar-refractivity contribution in [2.45, 2.75) is 82.9 Å². The zero-order valence-corrected chi connectivity index (χ0v) is 11.6. The molecule has 0 aromatic rings. The lowest BCUT2D eigenvalue weighted by Gasteiger charge is -2.34. The van der Waals surface area contributed by atoms with Crippen molar-refractivity contribution in [1.29, 1.82) is 0 Å². The molecule has 17 heavy (non-hydrogen) atoms. The standard InChI is InChI=1S/C15H29NO/c1-12(13-6-4-3-5-7-13)16-14-8-10-15(17-2)11-9-14/h12-16H,3-11H2,1-2H3/t12-,14?,15?/m1/s1. The second-order valence-corrected chi connectivity index (χ2v) is 6.06. The van der Waals surface area contributed by atoms with Crippen molar-refractivity contribution in [3.05, 3.63) is 0 Å². The molecule has 0 heterocycles. The summed E-state index contributed by atoms with van der Waals surface area (Å²) in [5, 5.41) is 3.88. The molecule has 0 radical (unpaired) electrons. The summed E-state index contributed by atoms with van der Waals surface area (Å²) in [4.78, 5) is 0. The normalized spacial score (nSPS) is 33.5. The van der Waals surface area contributed by atoms with Crippen molar-refractivity contribution < 1.29 is 4.74 Å². The summed E-state index contributed by atoms with van der Waals surface area (Å²) in [7, 11) is 1.85. The van der Waals surface area contributed by atoms with E-state index < -0.39 is 0 Å². The van der Waals surface area contributed by atoms with E-state index in [0.29, 0.717) is 6.10 Å². The molecule has 2 rings (SSSR count). The van der Waals surface area contributed by atoms with Crippen molar-refractivity contribution in [3.8, 4) is 0 Å². The molecule has 2 nitrogen and oxygen atoms in total. The molecule has 0 unspecified atom stereocenters. The van der Waals surface area contributed by atoms with Crippen LogP contribution in [0.5, 0.6) is 0 Å². The molecule has 0 aromatic carbocycles. The molecule has 2 fully saturated rings. The highest BCUT2D eigenvalue weighted by molar-refractivity contribution is 4.83. The fourth-order valence-corrected chi connectivity index (χ4v) is 3.61. The van der Waals surface area contributed by atoms with Crippen molar-refractivity contribution >= 4 is 0 Å². The Labute approximate surface area is 107 Å². The van der Waals surface area contributed by atoms with Crippen molar-refractivity contribution in [2.75, 3.05) is 7.11 Å². The van der Waals surface area contributed by atoms with Gasteiger partial charge in [0.25, 0.3) is 0 Å². The van der Waals surface area contributed by atoms with Gasteiger partial charge in [-0.1, -0.05) is 19.3 Å². The number of hydrogen-bond acceptors (Lipinski definition) is 2. The lowest BCUT2D eigenvalue weighted by Crippen LogP contribution is -2.44. The van der Waals surface area contributed by atoms with Gasteiger partial charge in [-0.3, -0.25) is 0 Å². The summed E-state index contributed by atoms with van der Waals surface area (Å²) in [6.07, 6.45) is 12.9. The van der Waals surface area contributed by atoms with Crippen LogP contribution in [0.1, 0.15) is 64.7 Å². The average Bonchev–Trinajstić information content (AvgIpc) is 2.40. The first-order valence-corrected chi connectivity index (χ1v) is 7.58. The Kier molecular flexibility index (Phi) is 5.30. The minimum atomic E-state index is 0.526. The Morgan fingerprint density at radius 1 is 0.941 bits per heavy atom. The fraction of sp³-hybridized carbons (Fsp3) is 1.00. The monoisotopic (exact) mass is 239 g/mol. The van der Waals surface area contributed by atoms with Crippen LogP contribution < -0.4 is 5.32 Å². The predicted molar refractivity (Wildman–Crippen MR) is 72.2 cm³/mol. The van der Waals surface area contributed by atoms with Crippen LogP contribution >= 0.6 is 0 Å². The van der Waals surface area contributed by atoms with Gasteiger partial charge in [-0.05, 0) is 51.4 Å². The van der Waals surface area contributed by atoms with E-state index in [2.05, 4.69) is 12.2 Å². The first-order valence-electron chi connectivity index (χ1n) is 7.58. The van der Waals surface area contributed by atoms with Crippen LogP contribution in [0.25, 0.3) is 0 Å². The van der Waals surface area contributed by atoms with Gasteiger partial charge in [0.05, 0.1) is 6.10 Å². The molecule has 1 N–H and O–H groups in total. The van der Waals surface area contributed by atoms with E-state index in [0.717, 1.165) is 18.0 Å². The van der Waals surface area contributed by atoms with Crippen molar-refractivity contribution in [1.82, 2.24) is 5.32 Å². The average molecular weight is 239 g/mol. The quantitative estimate of drug-likeness (QED) is 0.810. The fourth-order valence-electron chi connectivity index (χ4n) is 3.61. The van der Waals surface area contributed by atoms with Crippen LogP contribution in [0.3, 0.4) is 0 Å². The van der Waals surface area contributed by atoms with E-state index in [9.17, 15) is 0 Å². The third-order valence-electron chi connectivity index (χ3n) is 4.86. The number of methoxy groups -OCH3 is 1. The summed E-state index contributed by atoms with van der Waals surface area (Å²) in [6.45, 7) is 2.40. The second-order valence-electron chi connectivity index (χ2n) is 6.06. The summed E-state index contributed by atoms with van der Waals surface area (Å²) < 4.78 is 5.43. The summed E-state index contributed by atoms with van der Waals surface area (Å²) in [5.74, 6) is 0.934. The van der Waals surface area contributed by atoms with Gasteiger partial charge in [0.2, 0.25) is 0 Å². The molecule has 0 amide bonds. The van der Waals surface area contributed by atoms with Crippen LogP contribution in [0, 0.1) is 5.92 Å². The summed E-state index contributed by atoms with van der Waals surface area (Å²) in [6, 6.07) is 1.47. The molecule has 2 aliphatic carbocycles. The van der Waals surface area contributed by atoms with Gasteiger partial charge >= 0.3 is 0 Å². The van der Waals surface area contributed by atoms with Gasteiger partial charge in [-0.25, -0.2) is 0 Å². The highest BCUT2D eigenvalue weighted by Crippen LogP contribution is 2.28. The first-order chi connectivity index (χ1) is 8.29. The van der Waals surface area contributed by atoms with Gasteiger partial charge in [0.15, 0.2) is 0 Å². The predicted octanol–water partition coefficient (Wildman–Crippen LogP) is 3.50. The minimum Gasteiger partial charge on any atom is -0.381 e. The van der Waals surface area contributed by atoms with E-state index in [1.165, 1.54) is 57.8 Å². The molecule has 0 aliphatic heterocycles. The number of hydrogen-bond donors (Lipinski definition) is 1. The topological polar surface area (TPSA) is 21.3 Å². The van der Waals surface area contributed by atoms with Gasteiger partial charge in [-0.15, -0.1) is 0 Å². The molecule has 1 atom stereocenters. The molecule has 0 aromatic heterocycles. The van der Waals surface area contributed by atoms with Crippen molar-refractivity contribution in [3.63, 3.8) is 0 Å². The molecular weight excluding hydrogens is 210 g/mol. The van der Waals surface area contributed by atoms with E-state index in [4.69, 9.17) is 4.74 Å². The molecule has 2 aliphatic rings. The largest absolute Gasteiger partial charge is 0.381 e. The third kappa shape index (κ3) is 3.96. The Morgan fingerprint density at radius 2 is 1.59 bits per heavy atom.